The first kappa shape index (κ1) is 30.6. The van der Waals surface area contributed by atoms with Crippen LogP contribution in [0.2, 0.25) is 0 Å². The molecule has 10 rings (SSSR count). The van der Waals surface area contributed by atoms with Gasteiger partial charge in [0.15, 0.2) is 5.82 Å². The van der Waals surface area contributed by atoms with Gasteiger partial charge in [0, 0.05) is 66.8 Å². The highest BCUT2D eigenvalue weighted by molar-refractivity contribution is 7.25. The van der Waals surface area contributed by atoms with Gasteiger partial charge >= 0.3 is 0 Å². The van der Waals surface area contributed by atoms with Gasteiger partial charge in [0.1, 0.15) is 24.0 Å². The number of hydrogen-bond acceptors (Lipinski definition) is 6. The number of benzene rings is 5. The summed E-state index contributed by atoms with van der Waals surface area (Å²) in [6, 6.07) is 47.1. The van der Waals surface area contributed by atoms with Crippen LogP contribution in [-0.4, -0.2) is 21.2 Å². The van der Waals surface area contributed by atoms with E-state index < -0.39 is 0 Å². The van der Waals surface area contributed by atoms with E-state index in [1.807, 2.05) is 35.9 Å². The Kier molecular flexibility index (Phi) is 6.88. The number of para-hydroxylation sites is 1. The molecule has 0 bridgehead atoms. The highest BCUT2D eigenvalue weighted by Gasteiger charge is 2.30. The summed E-state index contributed by atoms with van der Waals surface area (Å²) in [6.45, 7) is 7.34. The minimum Gasteiger partial charge on any atom is -0.457 e. The number of fused-ring (bicyclic) bond motifs is 7. The predicted octanol–water partition coefficient (Wildman–Crippen LogP) is 12.3. The molecular formula is C45H35N5OS. The fourth-order valence-corrected chi connectivity index (χ4v) is 8.66. The summed E-state index contributed by atoms with van der Waals surface area (Å²) in [4.78, 5) is 14.3. The molecule has 0 radical (unpaired) electrons. The second kappa shape index (κ2) is 11.7. The molecule has 0 N–H and O–H groups in total. The van der Waals surface area contributed by atoms with Crippen LogP contribution in [0, 0.1) is 0 Å². The fourth-order valence-electron chi connectivity index (χ4n) is 7.52. The fraction of sp³-hybridized carbons (Fsp3) is 0.111. The number of pyridine rings is 2. The van der Waals surface area contributed by atoms with E-state index in [1.165, 1.54) is 31.1 Å². The number of nitrogens with zero attached hydrogens (tertiary/aromatic N) is 5. The first-order valence-electron chi connectivity index (χ1n) is 17.6. The van der Waals surface area contributed by atoms with Crippen LogP contribution in [0.25, 0.3) is 47.8 Å². The monoisotopic (exact) mass is 693 g/mol. The van der Waals surface area contributed by atoms with E-state index in [4.69, 9.17) is 14.7 Å². The Morgan fingerprint density at radius 2 is 1.35 bits per heavy atom. The molecule has 1 aliphatic rings. The third-order valence-corrected chi connectivity index (χ3v) is 11.3. The van der Waals surface area contributed by atoms with Crippen molar-refractivity contribution in [2.45, 2.75) is 26.2 Å². The van der Waals surface area contributed by atoms with Crippen molar-refractivity contribution in [1.29, 1.82) is 0 Å². The Hall–Kier alpha value is -6.18. The molecule has 0 aliphatic carbocycles. The van der Waals surface area contributed by atoms with E-state index >= 15 is 0 Å². The largest absolute Gasteiger partial charge is 0.457 e. The summed E-state index contributed by atoms with van der Waals surface area (Å²) >= 11 is 1.84. The summed E-state index contributed by atoms with van der Waals surface area (Å²) in [5.74, 6) is 3.34. The molecule has 0 atom stereocenters. The lowest BCUT2D eigenvalue weighted by atomic mass is 9.88. The first-order chi connectivity index (χ1) is 25.4. The summed E-state index contributed by atoms with van der Waals surface area (Å²) in [7, 11) is 0. The molecule has 252 valence electrons. The lowest BCUT2D eigenvalue weighted by Gasteiger charge is -2.22. The van der Waals surface area contributed by atoms with Crippen molar-refractivity contribution in [1.82, 2.24) is 14.5 Å². The molecule has 7 heteroatoms. The number of aromatic nitrogens is 3. The van der Waals surface area contributed by atoms with Gasteiger partial charge in [-0.1, -0.05) is 69.3 Å². The molecule has 6 nitrogen and oxygen atoms in total. The number of hydrogen-bond donors (Lipinski definition) is 0. The van der Waals surface area contributed by atoms with Crippen LogP contribution in [0.15, 0.2) is 146 Å². The van der Waals surface area contributed by atoms with Gasteiger partial charge in [0.05, 0.1) is 16.7 Å². The smallest absolute Gasteiger partial charge is 0.158 e. The highest BCUT2D eigenvalue weighted by Crippen LogP contribution is 2.45. The molecule has 9 aromatic rings. The Labute approximate surface area is 305 Å². The van der Waals surface area contributed by atoms with E-state index in [2.05, 4.69) is 156 Å². The molecule has 0 fully saturated rings. The SMILES string of the molecule is CC(C)(C)c1ccnc(-n2c3ccccc3c3ccc(Oc4cccc(N5CN(c6ccc7c(c6)sc6ccccc67)c6cccnc65)c4)cc32)c1. The Bertz CT molecular complexity index is 2830. The minimum atomic E-state index is 0.00489. The van der Waals surface area contributed by atoms with E-state index in [9.17, 15) is 0 Å². The van der Waals surface area contributed by atoms with Crippen molar-refractivity contribution >= 4 is 76.2 Å². The van der Waals surface area contributed by atoms with Crippen molar-refractivity contribution in [3.63, 3.8) is 0 Å². The van der Waals surface area contributed by atoms with Crippen molar-refractivity contribution < 1.29 is 4.74 Å². The number of anilines is 4. The molecule has 5 heterocycles. The third kappa shape index (κ3) is 5.00. The van der Waals surface area contributed by atoms with Crippen LogP contribution in [0.4, 0.5) is 22.9 Å². The van der Waals surface area contributed by atoms with Gasteiger partial charge in [0.25, 0.3) is 0 Å². The van der Waals surface area contributed by atoms with Gasteiger partial charge < -0.3 is 14.5 Å². The maximum Gasteiger partial charge on any atom is 0.158 e. The van der Waals surface area contributed by atoms with Gasteiger partial charge in [0.2, 0.25) is 0 Å². The minimum absolute atomic E-state index is 0.00489. The maximum absolute atomic E-state index is 6.63. The number of thiophene rings is 1. The van der Waals surface area contributed by atoms with Crippen LogP contribution in [0.1, 0.15) is 26.3 Å². The highest BCUT2D eigenvalue weighted by atomic mass is 32.1. The lowest BCUT2D eigenvalue weighted by molar-refractivity contribution is 0.483. The Balaban J connectivity index is 0.997. The van der Waals surface area contributed by atoms with Gasteiger partial charge in [-0.05, 0) is 83.8 Å². The van der Waals surface area contributed by atoms with E-state index in [1.54, 1.807) is 0 Å². The van der Waals surface area contributed by atoms with Crippen molar-refractivity contribution in [3.8, 4) is 17.3 Å². The van der Waals surface area contributed by atoms with Crippen LogP contribution in [-0.2, 0) is 5.41 Å². The zero-order valence-corrected chi connectivity index (χ0v) is 29.9. The summed E-state index contributed by atoms with van der Waals surface area (Å²) in [5, 5.41) is 4.95. The van der Waals surface area contributed by atoms with Crippen molar-refractivity contribution in [2.24, 2.45) is 0 Å². The van der Waals surface area contributed by atoms with Crippen LogP contribution < -0.4 is 14.5 Å². The van der Waals surface area contributed by atoms with Crippen LogP contribution in [0.5, 0.6) is 11.5 Å². The topological polar surface area (TPSA) is 46.4 Å². The van der Waals surface area contributed by atoms with Gasteiger partial charge in [-0.3, -0.25) is 4.57 Å². The molecule has 0 spiro atoms. The molecule has 52 heavy (non-hydrogen) atoms. The Morgan fingerprint density at radius 3 is 2.25 bits per heavy atom. The maximum atomic E-state index is 6.63. The van der Waals surface area contributed by atoms with Crippen LogP contribution in [0.3, 0.4) is 0 Å². The lowest BCUT2D eigenvalue weighted by Crippen LogP contribution is -2.24. The van der Waals surface area contributed by atoms with E-state index in [-0.39, 0.29) is 5.41 Å². The average Bonchev–Trinajstić information content (AvgIpc) is 3.84. The molecule has 1 aliphatic heterocycles. The number of rotatable bonds is 5. The zero-order chi connectivity index (χ0) is 35.0. The first-order valence-corrected chi connectivity index (χ1v) is 18.4. The second-order valence-electron chi connectivity index (χ2n) is 14.4. The average molecular weight is 694 g/mol. The molecule has 0 amide bonds. The molecular weight excluding hydrogens is 659 g/mol. The second-order valence-corrected chi connectivity index (χ2v) is 15.5. The molecule has 0 unspecified atom stereocenters. The van der Waals surface area contributed by atoms with E-state index in [0.717, 1.165) is 56.6 Å². The molecule has 4 aromatic heterocycles. The van der Waals surface area contributed by atoms with Gasteiger partial charge in [-0.2, -0.15) is 0 Å². The van der Waals surface area contributed by atoms with Gasteiger partial charge in [-0.15, -0.1) is 11.3 Å². The third-order valence-electron chi connectivity index (χ3n) is 10.1. The number of ether oxygens (including phenoxy) is 1. The standard InChI is InChI=1S/C45H35N5OS/c1-45(2,3)29-21-23-46-43(24-29)50-38-14-6-4-12-34(38)35-20-18-33(27-40(35)50)51-32-11-8-10-30(25-32)49-28-48(39-15-9-22-47-44(39)49)31-17-19-37-36-13-5-7-16-41(36)52-42(37)26-31/h4-27H,28H2,1-3H3. The van der Waals surface area contributed by atoms with Crippen molar-refractivity contribution in [2.75, 3.05) is 16.5 Å². The predicted molar refractivity (Wildman–Crippen MR) is 217 cm³/mol. The molecule has 0 saturated carbocycles. The quantitative estimate of drug-likeness (QED) is 0.180. The molecule has 0 saturated heterocycles. The zero-order valence-electron chi connectivity index (χ0n) is 29.1. The molecule has 5 aromatic carbocycles. The normalized spacial score (nSPS) is 13.1. The summed E-state index contributed by atoms with van der Waals surface area (Å²) < 4.78 is 11.5. The van der Waals surface area contributed by atoms with Crippen molar-refractivity contribution in [3.05, 3.63) is 151 Å². The van der Waals surface area contributed by atoms with E-state index in [0.29, 0.717) is 6.67 Å². The summed E-state index contributed by atoms with van der Waals surface area (Å²) in [6.07, 6.45) is 3.78. The van der Waals surface area contributed by atoms with Gasteiger partial charge in [-0.25, -0.2) is 9.97 Å². The summed E-state index contributed by atoms with van der Waals surface area (Å²) in [5.41, 5.74) is 6.66. The Morgan fingerprint density at radius 1 is 0.577 bits per heavy atom. The van der Waals surface area contributed by atoms with Crippen LogP contribution >= 0.6 is 11.3 Å².